The lowest BCUT2D eigenvalue weighted by Gasteiger charge is -2.32. The second-order valence-corrected chi connectivity index (χ2v) is 6.91. The Morgan fingerprint density at radius 2 is 1.68 bits per heavy atom. The van der Waals surface area contributed by atoms with Crippen molar-refractivity contribution in [2.45, 2.75) is 46.6 Å². The molecule has 0 saturated carbocycles. The fourth-order valence-electron chi connectivity index (χ4n) is 2.80. The summed E-state index contributed by atoms with van der Waals surface area (Å²) < 4.78 is 0. The first kappa shape index (κ1) is 16.9. The summed E-state index contributed by atoms with van der Waals surface area (Å²) in [5.41, 5.74) is 0. The largest absolute Gasteiger partial charge is 0.316 e. The molecular weight excluding hydrogens is 234 g/mol. The van der Waals surface area contributed by atoms with Gasteiger partial charge in [0.2, 0.25) is 0 Å². The first-order chi connectivity index (χ1) is 8.99. The fourth-order valence-corrected chi connectivity index (χ4v) is 2.80. The van der Waals surface area contributed by atoms with Crippen LogP contribution in [0.15, 0.2) is 0 Å². The average molecular weight is 269 g/mol. The zero-order valence-corrected chi connectivity index (χ0v) is 13.8. The highest BCUT2D eigenvalue weighted by Gasteiger charge is 2.16. The van der Waals surface area contributed by atoms with Crippen LogP contribution in [0.4, 0.5) is 0 Å². The molecule has 1 aliphatic heterocycles. The molecule has 2 unspecified atom stereocenters. The summed E-state index contributed by atoms with van der Waals surface area (Å²) in [6.07, 6.45) is 2.66. The second kappa shape index (κ2) is 8.93. The Morgan fingerprint density at radius 1 is 1.11 bits per heavy atom. The number of hydrogen-bond donors (Lipinski definition) is 1. The molecule has 3 nitrogen and oxygen atoms in total. The molecule has 0 aromatic heterocycles. The van der Waals surface area contributed by atoms with E-state index in [1.165, 1.54) is 52.1 Å². The molecule has 1 saturated heterocycles. The highest BCUT2D eigenvalue weighted by molar-refractivity contribution is 4.73. The van der Waals surface area contributed by atoms with E-state index in [1.807, 2.05) is 0 Å². The first-order valence-electron chi connectivity index (χ1n) is 8.12. The van der Waals surface area contributed by atoms with Gasteiger partial charge in [0.15, 0.2) is 0 Å². The lowest BCUT2D eigenvalue weighted by molar-refractivity contribution is 0.178. The SMILES string of the molecule is CC1CNCC(C)CN(CCCCN(C)C(C)C)C1. The molecule has 0 amide bonds. The predicted octanol–water partition coefficient (Wildman–Crippen LogP) is 2.28. The van der Waals surface area contributed by atoms with Crippen LogP contribution >= 0.6 is 0 Å². The Kier molecular flexibility index (Phi) is 7.96. The molecule has 3 heteroatoms. The summed E-state index contributed by atoms with van der Waals surface area (Å²) >= 11 is 0. The number of unbranched alkanes of at least 4 members (excludes halogenated alkanes) is 1. The van der Waals surface area contributed by atoms with Crippen LogP contribution in [-0.2, 0) is 0 Å². The third-order valence-corrected chi connectivity index (χ3v) is 4.24. The summed E-state index contributed by atoms with van der Waals surface area (Å²) in [5.74, 6) is 1.57. The van der Waals surface area contributed by atoms with Crippen molar-refractivity contribution < 1.29 is 0 Å². The zero-order chi connectivity index (χ0) is 14.3. The molecule has 0 radical (unpaired) electrons. The van der Waals surface area contributed by atoms with E-state index in [1.54, 1.807) is 0 Å². The molecular formula is C16H35N3. The molecule has 1 aliphatic rings. The highest BCUT2D eigenvalue weighted by Crippen LogP contribution is 2.09. The Balaban J connectivity index is 2.21. The molecule has 0 aliphatic carbocycles. The fraction of sp³-hybridized carbons (Fsp3) is 1.00. The maximum absolute atomic E-state index is 3.57. The van der Waals surface area contributed by atoms with E-state index in [2.05, 4.69) is 49.9 Å². The minimum Gasteiger partial charge on any atom is -0.316 e. The van der Waals surface area contributed by atoms with Gasteiger partial charge in [-0.15, -0.1) is 0 Å². The van der Waals surface area contributed by atoms with E-state index < -0.39 is 0 Å². The third kappa shape index (κ3) is 7.28. The van der Waals surface area contributed by atoms with E-state index in [4.69, 9.17) is 0 Å². The van der Waals surface area contributed by atoms with Gasteiger partial charge in [-0.25, -0.2) is 0 Å². The van der Waals surface area contributed by atoms with Gasteiger partial charge in [-0.05, 0) is 71.8 Å². The van der Waals surface area contributed by atoms with Crippen molar-refractivity contribution in [3.05, 3.63) is 0 Å². The molecule has 1 N–H and O–H groups in total. The molecule has 1 heterocycles. The predicted molar refractivity (Wildman–Crippen MR) is 84.6 cm³/mol. The summed E-state index contributed by atoms with van der Waals surface area (Å²) in [6, 6.07) is 0.674. The van der Waals surface area contributed by atoms with E-state index in [0.717, 1.165) is 11.8 Å². The maximum atomic E-state index is 3.57. The van der Waals surface area contributed by atoms with Crippen LogP contribution in [0.5, 0.6) is 0 Å². The molecule has 1 fully saturated rings. The molecule has 19 heavy (non-hydrogen) atoms. The van der Waals surface area contributed by atoms with Gasteiger partial charge in [0.25, 0.3) is 0 Å². The van der Waals surface area contributed by atoms with Crippen LogP contribution in [0.3, 0.4) is 0 Å². The van der Waals surface area contributed by atoms with Crippen molar-refractivity contribution in [1.29, 1.82) is 0 Å². The van der Waals surface area contributed by atoms with E-state index in [0.29, 0.717) is 6.04 Å². The number of nitrogens with one attached hydrogen (secondary N) is 1. The van der Waals surface area contributed by atoms with Crippen molar-refractivity contribution >= 4 is 0 Å². The van der Waals surface area contributed by atoms with Crippen molar-refractivity contribution in [1.82, 2.24) is 15.1 Å². The molecule has 0 aromatic rings. The average Bonchev–Trinajstić information content (AvgIpc) is 2.31. The Morgan fingerprint density at radius 3 is 2.21 bits per heavy atom. The van der Waals surface area contributed by atoms with Crippen molar-refractivity contribution in [3.63, 3.8) is 0 Å². The van der Waals surface area contributed by atoms with Crippen LogP contribution in [-0.4, -0.2) is 62.2 Å². The van der Waals surface area contributed by atoms with Crippen LogP contribution in [0.2, 0.25) is 0 Å². The van der Waals surface area contributed by atoms with Gasteiger partial charge < -0.3 is 15.1 Å². The molecule has 1 rings (SSSR count). The quantitative estimate of drug-likeness (QED) is 0.746. The molecule has 0 aromatic carbocycles. The molecule has 2 atom stereocenters. The summed E-state index contributed by atoms with van der Waals surface area (Å²) in [5, 5.41) is 3.57. The maximum Gasteiger partial charge on any atom is 0.00355 e. The lowest BCUT2D eigenvalue weighted by atomic mass is 10.1. The van der Waals surface area contributed by atoms with E-state index >= 15 is 0 Å². The van der Waals surface area contributed by atoms with Crippen molar-refractivity contribution in [2.75, 3.05) is 46.3 Å². The minimum absolute atomic E-state index is 0.674. The Bertz CT molecular complexity index is 218. The topological polar surface area (TPSA) is 18.5 Å². The standard InChI is InChI=1S/C16H35N3/c1-14(2)18(5)8-6-7-9-19-12-15(3)10-17-11-16(4)13-19/h14-17H,6-13H2,1-5H3. The van der Waals surface area contributed by atoms with Crippen LogP contribution in [0.1, 0.15) is 40.5 Å². The van der Waals surface area contributed by atoms with Gasteiger partial charge in [-0.2, -0.15) is 0 Å². The normalized spacial score (nSPS) is 26.7. The van der Waals surface area contributed by atoms with Gasteiger partial charge in [-0.3, -0.25) is 0 Å². The summed E-state index contributed by atoms with van der Waals surface area (Å²) in [6.45, 7) is 16.7. The zero-order valence-electron chi connectivity index (χ0n) is 13.8. The highest BCUT2D eigenvalue weighted by atomic mass is 15.1. The second-order valence-electron chi connectivity index (χ2n) is 6.91. The third-order valence-electron chi connectivity index (χ3n) is 4.24. The van der Waals surface area contributed by atoms with Crippen molar-refractivity contribution in [3.8, 4) is 0 Å². The monoisotopic (exact) mass is 269 g/mol. The summed E-state index contributed by atoms with van der Waals surface area (Å²) in [7, 11) is 2.23. The molecule has 114 valence electrons. The van der Waals surface area contributed by atoms with Crippen molar-refractivity contribution in [2.24, 2.45) is 11.8 Å². The van der Waals surface area contributed by atoms with Crippen LogP contribution < -0.4 is 5.32 Å². The van der Waals surface area contributed by atoms with Crippen LogP contribution in [0.25, 0.3) is 0 Å². The molecule has 0 bridgehead atoms. The van der Waals surface area contributed by atoms with Gasteiger partial charge >= 0.3 is 0 Å². The van der Waals surface area contributed by atoms with Gasteiger partial charge in [0, 0.05) is 19.1 Å². The van der Waals surface area contributed by atoms with Gasteiger partial charge in [-0.1, -0.05) is 13.8 Å². The summed E-state index contributed by atoms with van der Waals surface area (Å²) in [4.78, 5) is 5.13. The Hall–Kier alpha value is -0.120. The van der Waals surface area contributed by atoms with Gasteiger partial charge in [0.05, 0.1) is 0 Å². The lowest BCUT2D eigenvalue weighted by Crippen LogP contribution is -2.43. The minimum atomic E-state index is 0.674. The number of rotatable bonds is 6. The molecule has 0 spiro atoms. The van der Waals surface area contributed by atoms with E-state index in [-0.39, 0.29) is 0 Å². The Labute approximate surface area is 120 Å². The van der Waals surface area contributed by atoms with E-state index in [9.17, 15) is 0 Å². The van der Waals surface area contributed by atoms with Crippen LogP contribution in [0, 0.1) is 11.8 Å². The first-order valence-corrected chi connectivity index (χ1v) is 8.12. The van der Waals surface area contributed by atoms with Gasteiger partial charge in [0.1, 0.15) is 0 Å². The smallest absolute Gasteiger partial charge is 0.00355 e. The number of hydrogen-bond acceptors (Lipinski definition) is 3. The number of nitrogens with zero attached hydrogens (tertiary/aromatic N) is 2.